The van der Waals surface area contributed by atoms with Crippen molar-refractivity contribution in [2.75, 3.05) is 18.8 Å². The Morgan fingerprint density at radius 1 is 1.41 bits per heavy atom. The van der Waals surface area contributed by atoms with Crippen molar-refractivity contribution in [1.29, 1.82) is 0 Å². The lowest BCUT2D eigenvalue weighted by atomic mass is 9.94. The van der Waals surface area contributed by atoms with E-state index in [0.717, 1.165) is 4.31 Å². The van der Waals surface area contributed by atoms with E-state index in [4.69, 9.17) is 11.5 Å². The normalized spacial score (nSPS) is 12.4. The van der Waals surface area contributed by atoms with Gasteiger partial charge in [0.2, 0.25) is 10.0 Å². The summed E-state index contributed by atoms with van der Waals surface area (Å²) < 4.78 is 24.6. The second-order valence-corrected chi connectivity index (χ2v) is 7.08. The van der Waals surface area contributed by atoms with Crippen LogP contribution in [-0.4, -0.2) is 42.6 Å². The fourth-order valence-corrected chi connectivity index (χ4v) is 2.78. The van der Waals surface area contributed by atoms with Crippen molar-refractivity contribution in [2.24, 2.45) is 5.41 Å². The number of carboxylic acids is 1. The van der Waals surface area contributed by atoms with E-state index in [0.29, 0.717) is 6.42 Å². The summed E-state index contributed by atoms with van der Waals surface area (Å²) in [6.45, 7) is 4.97. The number of aliphatic carboxylic acids is 1. The summed E-state index contributed by atoms with van der Waals surface area (Å²) in [7, 11) is -3.60. The maximum Gasteiger partial charge on any atom is 0.318 e. The van der Waals surface area contributed by atoms with Crippen molar-refractivity contribution in [1.82, 2.24) is 4.31 Å². The number of carbonyl (C=O) groups is 1. The lowest BCUT2D eigenvalue weighted by Crippen LogP contribution is -2.38. The number of sulfonamides is 1. The van der Waals surface area contributed by atoms with Gasteiger partial charge in [-0.2, -0.15) is 4.31 Å². The molecular formula is C11H19NO4S. The average Bonchev–Trinajstić information content (AvgIpc) is 2.13. The third-order valence-corrected chi connectivity index (χ3v) is 3.85. The molecule has 0 aromatic rings. The second kappa shape index (κ2) is 6.03. The minimum absolute atomic E-state index is 0.0918. The summed E-state index contributed by atoms with van der Waals surface area (Å²) in [5.74, 6) is 0.859. The molecule has 6 heteroatoms. The Kier molecular flexibility index (Phi) is 5.66. The van der Waals surface area contributed by atoms with Crippen LogP contribution in [0.15, 0.2) is 0 Å². The molecular weight excluding hydrogens is 242 g/mol. The van der Waals surface area contributed by atoms with Gasteiger partial charge in [0.1, 0.15) is 6.54 Å². The maximum absolute atomic E-state index is 11.9. The van der Waals surface area contributed by atoms with Crippen LogP contribution in [0, 0.1) is 17.8 Å². The molecule has 0 amide bonds. The van der Waals surface area contributed by atoms with Crippen LogP contribution >= 0.6 is 0 Å². The first-order valence-corrected chi connectivity index (χ1v) is 6.82. The summed E-state index contributed by atoms with van der Waals surface area (Å²) in [5, 5.41) is 8.63. The highest BCUT2D eigenvalue weighted by molar-refractivity contribution is 7.89. The van der Waals surface area contributed by atoms with E-state index in [1.165, 1.54) is 0 Å². The van der Waals surface area contributed by atoms with Gasteiger partial charge in [-0.05, 0) is 11.8 Å². The molecule has 98 valence electrons. The van der Waals surface area contributed by atoms with Crippen LogP contribution in [0.2, 0.25) is 0 Å². The Morgan fingerprint density at radius 2 is 1.94 bits per heavy atom. The molecule has 0 radical (unpaired) electrons. The molecule has 0 fully saturated rings. The number of rotatable bonds is 6. The Balaban J connectivity index is 4.73. The number of nitrogens with zero attached hydrogens (tertiary/aromatic N) is 1. The molecule has 0 saturated carbocycles. The SMILES string of the molecule is C#CCN(CC(=O)O)S(=O)(=O)CCC(C)(C)C. The van der Waals surface area contributed by atoms with Crippen LogP contribution in [0.4, 0.5) is 0 Å². The molecule has 0 heterocycles. The van der Waals surface area contributed by atoms with E-state index in [2.05, 4.69) is 5.92 Å². The summed E-state index contributed by atoms with van der Waals surface area (Å²) in [5.41, 5.74) is -0.127. The van der Waals surface area contributed by atoms with Crippen molar-refractivity contribution in [3.05, 3.63) is 0 Å². The zero-order valence-corrected chi connectivity index (χ0v) is 11.2. The third kappa shape index (κ3) is 6.97. The number of hydrogen-bond donors (Lipinski definition) is 1. The minimum Gasteiger partial charge on any atom is -0.480 e. The lowest BCUT2D eigenvalue weighted by Gasteiger charge is -2.22. The molecule has 17 heavy (non-hydrogen) atoms. The van der Waals surface area contributed by atoms with Crippen LogP contribution in [0.25, 0.3) is 0 Å². The Bertz CT molecular complexity index is 400. The van der Waals surface area contributed by atoms with Crippen molar-refractivity contribution in [3.8, 4) is 12.3 Å². The quantitative estimate of drug-likeness (QED) is 0.717. The molecule has 0 saturated heterocycles. The van der Waals surface area contributed by atoms with Gasteiger partial charge >= 0.3 is 5.97 Å². The summed E-state index contributed by atoms with van der Waals surface area (Å²) in [6.07, 6.45) is 5.49. The van der Waals surface area contributed by atoms with Gasteiger partial charge in [-0.25, -0.2) is 8.42 Å². The maximum atomic E-state index is 11.9. The molecule has 0 unspecified atom stereocenters. The van der Waals surface area contributed by atoms with Crippen LogP contribution in [0.1, 0.15) is 27.2 Å². The van der Waals surface area contributed by atoms with E-state index in [1.54, 1.807) is 0 Å². The Morgan fingerprint density at radius 3 is 2.29 bits per heavy atom. The predicted octanol–water partition coefficient (Wildman–Crippen LogP) is 0.772. The highest BCUT2D eigenvalue weighted by Crippen LogP contribution is 2.20. The van der Waals surface area contributed by atoms with E-state index >= 15 is 0 Å². The smallest absolute Gasteiger partial charge is 0.318 e. The van der Waals surface area contributed by atoms with E-state index in [9.17, 15) is 13.2 Å². The zero-order chi connectivity index (χ0) is 13.7. The molecule has 0 aromatic carbocycles. The molecule has 0 rings (SSSR count). The third-order valence-electron chi connectivity index (χ3n) is 2.08. The Hall–Kier alpha value is -1.06. The molecule has 0 aliphatic carbocycles. The number of hydrogen-bond acceptors (Lipinski definition) is 3. The standard InChI is InChI=1S/C11H19NO4S/c1-5-7-12(9-10(13)14)17(15,16)8-6-11(2,3)4/h1H,6-9H2,2-4H3,(H,13,14). The van der Waals surface area contributed by atoms with Gasteiger partial charge in [-0.3, -0.25) is 4.79 Å². The van der Waals surface area contributed by atoms with Crippen molar-refractivity contribution >= 4 is 16.0 Å². The first-order valence-electron chi connectivity index (χ1n) is 5.21. The van der Waals surface area contributed by atoms with Crippen LogP contribution in [0.5, 0.6) is 0 Å². The average molecular weight is 261 g/mol. The summed E-state index contributed by atoms with van der Waals surface area (Å²) in [4.78, 5) is 10.6. The number of terminal acetylenes is 1. The molecule has 0 aliphatic heterocycles. The molecule has 0 bridgehead atoms. The van der Waals surface area contributed by atoms with E-state index in [1.807, 2.05) is 20.8 Å². The summed E-state index contributed by atoms with van der Waals surface area (Å²) in [6, 6.07) is 0. The highest BCUT2D eigenvalue weighted by Gasteiger charge is 2.25. The van der Waals surface area contributed by atoms with Gasteiger partial charge in [-0.1, -0.05) is 26.7 Å². The monoisotopic (exact) mass is 261 g/mol. The fraction of sp³-hybridized carbons (Fsp3) is 0.727. The first kappa shape index (κ1) is 15.9. The van der Waals surface area contributed by atoms with Gasteiger partial charge in [0.05, 0.1) is 12.3 Å². The Labute approximate surface area is 103 Å². The predicted molar refractivity (Wildman–Crippen MR) is 65.9 cm³/mol. The van der Waals surface area contributed by atoms with Crippen LogP contribution in [-0.2, 0) is 14.8 Å². The fourth-order valence-electron chi connectivity index (χ4n) is 1.07. The van der Waals surface area contributed by atoms with Crippen LogP contribution < -0.4 is 0 Å². The van der Waals surface area contributed by atoms with Gasteiger partial charge < -0.3 is 5.11 Å². The van der Waals surface area contributed by atoms with Crippen molar-refractivity contribution in [2.45, 2.75) is 27.2 Å². The first-order chi connectivity index (χ1) is 7.58. The van der Waals surface area contributed by atoms with Crippen molar-refractivity contribution < 1.29 is 18.3 Å². The van der Waals surface area contributed by atoms with E-state index < -0.39 is 22.5 Å². The van der Waals surface area contributed by atoms with Gasteiger partial charge in [-0.15, -0.1) is 6.42 Å². The topological polar surface area (TPSA) is 74.7 Å². The zero-order valence-electron chi connectivity index (χ0n) is 10.4. The molecule has 0 spiro atoms. The second-order valence-electron chi connectivity index (χ2n) is 4.99. The van der Waals surface area contributed by atoms with Crippen molar-refractivity contribution in [3.63, 3.8) is 0 Å². The highest BCUT2D eigenvalue weighted by atomic mass is 32.2. The summed E-state index contributed by atoms with van der Waals surface area (Å²) >= 11 is 0. The largest absolute Gasteiger partial charge is 0.480 e. The molecule has 0 aliphatic rings. The minimum atomic E-state index is -3.60. The van der Waals surface area contributed by atoms with Gasteiger partial charge in [0.25, 0.3) is 0 Å². The molecule has 0 aromatic heterocycles. The van der Waals surface area contributed by atoms with E-state index in [-0.39, 0.29) is 17.7 Å². The lowest BCUT2D eigenvalue weighted by molar-refractivity contribution is -0.137. The van der Waals surface area contributed by atoms with Crippen LogP contribution in [0.3, 0.4) is 0 Å². The van der Waals surface area contributed by atoms with Gasteiger partial charge in [0, 0.05) is 0 Å². The van der Waals surface area contributed by atoms with Gasteiger partial charge in [0.15, 0.2) is 0 Å². The molecule has 5 nitrogen and oxygen atoms in total. The molecule has 0 atom stereocenters. The number of carboxylic acid groups (broad SMARTS) is 1. The molecule has 1 N–H and O–H groups in total.